The van der Waals surface area contributed by atoms with Gasteiger partial charge in [-0.1, -0.05) is 29.8 Å². The molecule has 3 rings (SSSR count). The second-order valence-electron chi connectivity index (χ2n) is 9.97. The van der Waals surface area contributed by atoms with Crippen molar-refractivity contribution in [3.63, 3.8) is 0 Å². The maximum absolute atomic E-state index is 13.3. The highest BCUT2D eigenvalue weighted by Crippen LogP contribution is 2.33. The van der Waals surface area contributed by atoms with Crippen LogP contribution in [-0.4, -0.2) is 83.2 Å². The van der Waals surface area contributed by atoms with Crippen LogP contribution in [-0.2, 0) is 14.2 Å². The highest BCUT2D eigenvalue weighted by Gasteiger charge is 2.32. The number of amides is 3. The third-order valence-corrected chi connectivity index (χ3v) is 7.13. The highest BCUT2D eigenvalue weighted by atomic mass is 16.5. The SMILES string of the molecule is CNCC(CC1CCOCC1)NC(=O)N1CCCC(C(OCCNC(=O)OC)c2cccc(C)c2)C1. The van der Waals surface area contributed by atoms with Crippen molar-refractivity contribution in [2.75, 3.05) is 60.2 Å². The Morgan fingerprint density at radius 3 is 2.75 bits per heavy atom. The summed E-state index contributed by atoms with van der Waals surface area (Å²) in [6.07, 6.45) is 4.37. The number of nitrogens with zero attached hydrogens (tertiary/aromatic N) is 1. The first-order valence-corrected chi connectivity index (χ1v) is 13.3. The predicted molar refractivity (Wildman–Crippen MR) is 139 cm³/mol. The largest absolute Gasteiger partial charge is 0.453 e. The second-order valence-corrected chi connectivity index (χ2v) is 9.97. The summed E-state index contributed by atoms with van der Waals surface area (Å²) >= 11 is 0. The highest BCUT2D eigenvalue weighted by molar-refractivity contribution is 5.74. The topological polar surface area (TPSA) is 101 Å². The van der Waals surface area contributed by atoms with Gasteiger partial charge in [-0.2, -0.15) is 0 Å². The van der Waals surface area contributed by atoms with Crippen LogP contribution in [0.15, 0.2) is 24.3 Å². The molecule has 9 nitrogen and oxygen atoms in total. The van der Waals surface area contributed by atoms with E-state index in [9.17, 15) is 9.59 Å². The lowest BCUT2D eigenvalue weighted by Gasteiger charge is -2.38. The number of aryl methyl sites for hydroxylation is 1. The fourth-order valence-electron chi connectivity index (χ4n) is 5.29. The van der Waals surface area contributed by atoms with Crippen LogP contribution < -0.4 is 16.0 Å². The first-order chi connectivity index (χ1) is 17.5. The van der Waals surface area contributed by atoms with Gasteiger partial charge in [0.15, 0.2) is 0 Å². The van der Waals surface area contributed by atoms with E-state index >= 15 is 0 Å². The fraction of sp³-hybridized carbons (Fsp3) is 0.704. The molecule has 3 N–H and O–H groups in total. The zero-order valence-corrected chi connectivity index (χ0v) is 22.1. The fourth-order valence-corrected chi connectivity index (χ4v) is 5.29. The number of carbonyl (C=O) groups excluding carboxylic acids is 2. The molecule has 2 fully saturated rings. The lowest BCUT2D eigenvalue weighted by molar-refractivity contribution is -0.00872. The van der Waals surface area contributed by atoms with Crippen LogP contribution in [0.5, 0.6) is 0 Å². The van der Waals surface area contributed by atoms with Crippen molar-refractivity contribution in [3.8, 4) is 0 Å². The van der Waals surface area contributed by atoms with E-state index in [1.165, 1.54) is 12.7 Å². The van der Waals surface area contributed by atoms with Gasteiger partial charge < -0.3 is 35.1 Å². The zero-order valence-electron chi connectivity index (χ0n) is 22.1. The van der Waals surface area contributed by atoms with E-state index < -0.39 is 6.09 Å². The standard InChI is InChI=1S/C27H44N4O5/c1-20-6-4-7-22(16-20)25(36-15-11-29-27(33)34-3)23-8-5-12-31(19-23)26(32)30-24(18-28-2)17-21-9-13-35-14-10-21/h4,6-7,16,21,23-25,28H,5,8-15,17-19H2,1-3H3,(H,29,33)(H,30,32). The number of alkyl carbamates (subject to hydrolysis) is 1. The minimum atomic E-state index is -0.469. The van der Waals surface area contributed by atoms with Gasteiger partial charge in [-0.3, -0.25) is 0 Å². The van der Waals surface area contributed by atoms with Crippen molar-refractivity contribution in [3.05, 3.63) is 35.4 Å². The monoisotopic (exact) mass is 504 g/mol. The van der Waals surface area contributed by atoms with Crippen LogP contribution in [0, 0.1) is 18.8 Å². The number of piperidine rings is 1. The second kappa shape index (κ2) is 15.0. The van der Waals surface area contributed by atoms with Gasteiger partial charge in [0.1, 0.15) is 0 Å². The molecule has 2 heterocycles. The average Bonchev–Trinajstić information content (AvgIpc) is 2.89. The van der Waals surface area contributed by atoms with Gasteiger partial charge in [0.25, 0.3) is 0 Å². The number of nitrogens with one attached hydrogen (secondary N) is 3. The first kappa shape index (κ1) is 28.2. The van der Waals surface area contributed by atoms with E-state index in [1.54, 1.807) is 0 Å². The van der Waals surface area contributed by atoms with Gasteiger partial charge in [0, 0.05) is 51.4 Å². The minimum absolute atomic E-state index is 0.00218. The van der Waals surface area contributed by atoms with E-state index in [4.69, 9.17) is 9.47 Å². The Kier molecular flexibility index (Phi) is 11.8. The Balaban J connectivity index is 1.62. The number of hydrogen-bond acceptors (Lipinski definition) is 6. The smallest absolute Gasteiger partial charge is 0.406 e. The van der Waals surface area contributed by atoms with Gasteiger partial charge in [-0.05, 0) is 57.6 Å². The number of hydrogen-bond donors (Lipinski definition) is 3. The third-order valence-electron chi connectivity index (χ3n) is 7.13. The van der Waals surface area contributed by atoms with Crippen LogP contribution in [0.25, 0.3) is 0 Å². The summed E-state index contributed by atoms with van der Waals surface area (Å²) in [5, 5.41) is 9.21. The molecular formula is C27H44N4O5. The number of benzene rings is 1. The van der Waals surface area contributed by atoms with Crippen LogP contribution in [0.4, 0.5) is 9.59 Å². The zero-order chi connectivity index (χ0) is 25.8. The minimum Gasteiger partial charge on any atom is -0.453 e. The van der Waals surface area contributed by atoms with Crippen LogP contribution in [0.1, 0.15) is 49.3 Å². The van der Waals surface area contributed by atoms with Crippen molar-refractivity contribution in [2.24, 2.45) is 11.8 Å². The third kappa shape index (κ3) is 8.94. The number of carbonyl (C=O) groups is 2. The molecule has 0 aliphatic carbocycles. The van der Waals surface area contributed by atoms with Gasteiger partial charge in [0.05, 0.1) is 19.8 Å². The molecule has 0 bridgehead atoms. The van der Waals surface area contributed by atoms with Gasteiger partial charge in [-0.15, -0.1) is 0 Å². The molecule has 1 aromatic carbocycles. The Hall–Kier alpha value is -2.36. The van der Waals surface area contributed by atoms with Crippen LogP contribution >= 0.6 is 0 Å². The summed E-state index contributed by atoms with van der Waals surface area (Å²) in [6, 6.07) is 8.44. The molecule has 3 atom stereocenters. The molecule has 9 heteroatoms. The summed E-state index contributed by atoms with van der Waals surface area (Å²) in [4.78, 5) is 26.7. The molecule has 3 amide bonds. The van der Waals surface area contributed by atoms with Crippen LogP contribution in [0.3, 0.4) is 0 Å². The number of methoxy groups -OCH3 is 1. The maximum Gasteiger partial charge on any atom is 0.406 e. The van der Waals surface area contributed by atoms with Crippen molar-refractivity contribution < 1.29 is 23.8 Å². The molecule has 3 unspecified atom stereocenters. The van der Waals surface area contributed by atoms with Crippen LogP contribution in [0.2, 0.25) is 0 Å². The number of ether oxygens (including phenoxy) is 3. The molecule has 0 saturated carbocycles. The molecular weight excluding hydrogens is 460 g/mol. The summed E-state index contributed by atoms with van der Waals surface area (Å²) in [6.45, 7) is 6.57. The van der Waals surface area contributed by atoms with Gasteiger partial charge in [-0.25, -0.2) is 9.59 Å². The average molecular weight is 505 g/mol. The predicted octanol–water partition coefficient (Wildman–Crippen LogP) is 3.24. The molecule has 2 saturated heterocycles. The maximum atomic E-state index is 13.3. The van der Waals surface area contributed by atoms with E-state index in [2.05, 4.69) is 45.8 Å². The number of likely N-dealkylation sites (N-methyl/N-ethyl adjacent to an activating group) is 1. The van der Waals surface area contributed by atoms with E-state index in [-0.39, 0.29) is 24.1 Å². The first-order valence-electron chi connectivity index (χ1n) is 13.3. The van der Waals surface area contributed by atoms with E-state index in [1.807, 2.05) is 18.0 Å². The molecule has 1 aromatic rings. The summed E-state index contributed by atoms with van der Waals surface area (Å²) in [5.41, 5.74) is 2.27. The summed E-state index contributed by atoms with van der Waals surface area (Å²) in [5.74, 6) is 0.756. The Labute approximate surface area is 215 Å². The lowest BCUT2D eigenvalue weighted by atomic mass is 9.88. The van der Waals surface area contributed by atoms with Crippen molar-refractivity contribution in [2.45, 2.75) is 51.2 Å². The Bertz CT molecular complexity index is 817. The molecule has 0 radical (unpaired) electrons. The Morgan fingerprint density at radius 2 is 2.03 bits per heavy atom. The van der Waals surface area contributed by atoms with Crippen molar-refractivity contribution >= 4 is 12.1 Å². The van der Waals surface area contributed by atoms with Crippen molar-refractivity contribution in [1.29, 1.82) is 0 Å². The van der Waals surface area contributed by atoms with Crippen molar-refractivity contribution in [1.82, 2.24) is 20.9 Å². The number of rotatable bonds is 11. The summed E-state index contributed by atoms with van der Waals surface area (Å²) in [7, 11) is 3.27. The Morgan fingerprint density at radius 1 is 1.22 bits per heavy atom. The molecule has 0 spiro atoms. The lowest BCUT2D eigenvalue weighted by Crippen LogP contribution is -2.52. The van der Waals surface area contributed by atoms with Gasteiger partial charge >= 0.3 is 12.1 Å². The normalized spacial score (nSPS) is 20.4. The molecule has 2 aliphatic rings. The van der Waals surface area contributed by atoms with Gasteiger partial charge in [0.2, 0.25) is 0 Å². The number of urea groups is 1. The molecule has 2 aliphatic heterocycles. The van der Waals surface area contributed by atoms with E-state index in [0.717, 1.165) is 64.0 Å². The molecule has 0 aromatic heterocycles. The van der Waals surface area contributed by atoms with E-state index in [0.29, 0.717) is 25.6 Å². The molecule has 202 valence electrons. The quantitative estimate of drug-likeness (QED) is 0.400. The molecule has 36 heavy (non-hydrogen) atoms. The number of likely N-dealkylation sites (tertiary alicyclic amines) is 1. The summed E-state index contributed by atoms with van der Waals surface area (Å²) < 4.78 is 16.5.